The standard InChI is InChI=1S/C15H22BrN3S/c1-15(2)10-19(5-6-20-15)14-11(7-12(16)9-18-14)8-17-13-3-4-13/h7,9,13,17H,3-6,8,10H2,1-2H3. The van der Waals surface area contributed by atoms with Crippen molar-refractivity contribution >= 4 is 33.5 Å². The van der Waals surface area contributed by atoms with Crippen molar-refractivity contribution in [2.45, 2.75) is 44.0 Å². The molecule has 0 unspecified atom stereocenters. The van der Waals surface area contributed by atoms with Gasteiger partial charge in [0.1, 0.15) is 5.82 Å². The molecule has 0 spiro atoms. The van der Waals surface area contributed by atoms with Crippen LogP contribution in [0.5, 0.6) is 0 Å². The monoisotopic (exact) mass is 355 g/mol. The number of hydrogen-bond donors (Lipinski definition) is 1. The van der Waals surface area contributed by atoms with E-state index in [9.17, 15) is 0 Å². The molecule has 0 bridgehead atoms. The van der Waals surface area contributed by atoms with Gasteiger partial charge in [0, 0.05) is 52.4 Å². The molecule has 0 amide bonds. The van der Waals surface area contributed by atoms with Crippen LogP contribution >= 0.6 is 27.7 Å². The zero-order valence-electron chi connectivity index (χ0n) is 12.2. The van der Waals surface area contributed by atoms with Crippen molar-refractivity contribution in [2.75, 3.05) is 23.7 Å². The minimum Gasteiger partial charge on any atom is -0.354 e. The molecule has 110 valence electrons. The maximum absolute atomic E-state index is 4.70. The first-order valence-corrected chi connectivity index (χ1v) is 9.08. The molecule has 0 aromatic carbocycles. The minimum atomic E-state index is 0.314. The maximum Gasteiger partial charge on any atom is 0.133 e. The van der Waals surface area contributed by atoms with Crippen molar-refractivity contribution in [1.29, 1.82) is 0 Å². The van der Waals surface area contributed by atoms with Crippen LogP contribution in [0.3, 0.4) is 0 Å². The fraction of sp³-hybridized carbons (Fsp3) is 0.667. The molecule has 1 aromatic heterocycles. The molecule has 1 N–H and O–H groups in total. The number of halogens is 1. The summed E-state index contributed by atoms with van der Waals surface area (Å²) < 4.78 is 1.38. The van der Waals surface area contributed by atoms with Crippen molar-refractivity contribution in [3.63, 3.8) is 0 Å². The summed E-state index contributed by atoms with van der Waals surface area (Å²) in [7, 11) is 0. The van der Waals surface area contributed by atoms with Crippen LogP contribution in [0.25, 0.3) is 0 Å². The van der Waals surface area contributed by atoms with E-state index in [1.165, 1.54) is 24.2 Å². The van der Waals surface area contributed by atoms with Crippen molar-refractivity contribution in [1.82, 2.24) is 10.3 Å². The zero-order valence-corrected chi connectivity index (χ0v) is 14.6. The molecule has 20 heavy (non-hydrogen) atoms. The van der Waals surface area contributed by atoms with Crippen LogP contribution in [-0.2, 0) is 6.54 Å². The Hall–Kier alpha value is -0.260. The second kappa shape index (κ2) is 5.85. The van der Waals surface area contributed by atoms with Gasteiger partial charge in [0.05, 0.1) is 0 Å². The van der Waals surface area contributed by atoms with E-state index >= 15 is 0 Å². The summed E-state index contributed by atoms with van der Waals surface area (Å²) in [4.78, 5) is 7.15. The highest BCUT2D eigenvalue weighted by Gasteiger charge is 2.29. The number of anilines is 1. The Morgan fingerprint density at radius 3 is 3.00 bits per heavy atom. The molecule has 2 fully saturated rings. The predicted octanol–water partition coefficient (Wildman–Crippen LogP) is 3.43. The third-order valence-corrected chi connectivity index (χ3v) is 5.52. The smallest absolute Gasteiger partial charge is 0.133 e. The van der Waals surface area contributed by atoms with E-state index in [4.69, 9.17) is 4.98 Å². The summed E-state index contributed by atoms with van der Waals surface area (Å²) >= 11 is 5.61. The van der Waals surface area contributed by atoms with Crippen LogP contribution in [0.4, 0.5) is 5.82 Å². The number of nitrogens with zero attached hydrogens (tertiary/aromatic N) is 2. The van der Waals surface area contributed by atoms with Crippen LogP contribution in [0.2, 0.25) is 0 Å². The molecule has 1 aromatic rings. The highest BCUT2D eigenvalue weighted by Crippen LogP contribution is 2.33. The van der Waals surface area contributed by atoms with Crippen LogP contribution in [-0.4, -0.2) is 34.6 Å². The van der Waals surface area contributed by atoms with Crippen molar-refractivity contribution in [2.24, 2.45) is 0 Å². The summed E-state index contributed by atoms with van der Waals surface area (Å²) in [5, 5.41) is 3.61. The summed E-state index contributed by atoms with van der Waals surface area (Å²) in [6.07, 6.45) is 4.57. The Kier molecular flexibility index (Phi) is 4.29. The number of nitrogens with one attached hydrogen (secondary N) is 1. The topological polar surface area (TPSA) is 28.2 Å². The molecule has 3 rings (SSSR count). The van der Waals surface area contributed by atoms with E-state index in [-0.39, 0.29) is 0 Å². The van der Waals surface area contributed by atoms with Gasteiger partial charge in [-0.3, -0.25) is 0 Å². The lowest BCUT2D eigenvalue weighted by Crippen LogP contribution is -2.44. The molecule has 2 heterocycles. The Bertz CT molecular complexity index is 488. The summed E-state index contributed by atoms with van der Waals surface area (Å²) in [5.74, 6) is 2.34. The van der Waals surface area contributed by atoms with Gasteiger partial charge in [-0.05, 0) is 48.7 Å². The predicted molar refractivity (Wildman–Crippen MR) is 90.5 cm³/mol. The molecular weight excluding hydrogens is 334 g/mol. The number of aromatic nitrogens is 1. The third-order valence-electron chi connectivity index (χ3n) is 3.79. The number of pyridine rings is 1. The van der Waals surface area contributed by atoms with Crippen LogP contribution in [0.15, 0.2) is 16.7 Å². The highest BCUT2D eigenvalue weighted by molar-refractivity contribution is 9.10. The van der Waals surface area contributed by atoms with Gasteiger partial charge in [-0.2, -0.15) is 11.8 Å². The molecule has 2 aliphatic rings. The molecule has 0 atom stereocenters. The van der Waals surface area contributed by atoms with E-state index in [2.05, 4.69) is 57.8 Å². The largest absolute Gasteiger partial charge is 0.354 e. The van der Waals surface area contributed by atoms with Gasteiger partial charge in [0.2, 0.25) is 0 Å². The Morgan fingerprint density at radius 2 is 2.30 bits per heavy atom. The average molecular weight is 356 g/mol. The lowest BCUT2D eigenvalue weighted by Gasteiger charge is -2.39. The fourth-order valence-electron chi connectivity index (χ4n) is 2.63. The number of thioether (sulfide) groups is 1. The van der Waals surface area contributed by atoms with Crippen LogP contribution in [0, 0.1) is 0 Å². The van der Waals surface area contributed by atoms with E-state index < -0.39 is 0 Å². The molecule has 1 aliphatic heterocycles. The van der Waals surface area contributed by atoms with E-state index in [1.807, 2.05) is 6.20 Å². The van der Waals surface area contributed by atoms with E-state index in [1.54, 1.807) is 0 Å². The van der Waals surface area contributed by atoms with E-state index in [0.717, 1.165) is 36.0 Å². The Balaban J connectivity index is 1.79. The number of rotatable bonds is 4. The first-order valence-electron chi connectivity index (χ1n) is 7.30. The lowest BCUT2D eigenvalue weighted by atomic mass is 10.1. The van der Waals surface area contributed by atoms with Gasteiger partial charge in [0.25, 0.3) is 0 Å². The highest BCUT2D eigenvalue weighted by atomic mass is 79.9. The van der Waals surface area contributed by atoms with Crippen LogP contribution < -0.4 is 10.2 Å². The Labute approximate surface area is 134 Å². The van der Waals surface area contributed by atoms with Gasteiger partial charge in [-0.15, -0.1) is 0 Å². The van der Waals surface area contributed by atoms with Gasteiger partial charge < -0.3 is 10.2 Å². The average Bonchev–Trinajstić information content (AvgIpc) is 3.19. The molecular formula is C15H22BrN3S. The van der Waals surface area contributed by atoms with Crippen molar-refractivity contribution < 1.29 is 0 Å². The van der Waals surface area contributed by atoms with E-state index in [0.29, 0.717) is 4.75 Å². The van der Waals surface area contributed by atoms with Crippen LogP contribution in [0.1, 0.15) is 32.3 Å². The first-order chi connectivity index (χ1) is 9.53. The second-order valence-corrected chi connectivity index (χ2v) is 9.04. The molecule has 1 aliphatic carbocycles. The molecule has 5 heteroatoms. The number of hydrogen-bond acceptors (Lipinski definition) is 4. The SMILES string of the molecule is CC1(C)CN(c2ncc(Br)cc2CNC2CC2)CCS1. The van der Waals surface area contributed by atoms with Gasteiger partial charge >= 0.3 is 0 Å². The zero-order chi connectivity index (χ0) is 14.2. The van der Waals surface area contributed by atoms with Gasteiger partial charge in [-0.1, -0.05) is 0 Å². The Morgan fingerprint density at radius 1 is 1.50 bits per heavy atom. The summed E-state index contributed by atoms with van der Waals surface area (Å²) in [6, 6.07) is 2.95. The van der Waals surface area contributed by atoms with Crippen molar-refractivity contribution in [3.8, 4) is 0 Å². The fourth-order valence-corrected chi connectivity index (χ4v) is 4.12. The lowest BCUT2D eigenvalue weighted by molar-refractivity contribution is 0.632. The normalized spacial score (nSPS) is 22.1. The van der Waals surface area contributed by atoms with Gasteiger partial charge in [-0.25, -0.2) is 4.98 Å². The maximum atomic E-state index is 4.70. The third kappa shape index (κ3) is 3.68. The van der Waals surface area contributed by atoms with Crippen molar-refractivity contribution in [3.05, 3.63) is 22.3 Å². The minimum absolute atomic E-state index is 0.314. The quantitative estimate of drug-likeness (QED) is 0.895. The first kappa shape index (κ1) is 14.7. The molecule has 0 radical (unpaired) electrons. The summed E-state index contributed by atoms with van der Waals surface area (Å²) in [6.45, 7) is 7.74. The molecule has 1 saturated carbocycles. The van der Waals surface area contributed by atoms with Gasteiger partial charge in [0.15, 0.2) is 0 Å². The molecule has 1 saturated heterocycles. The second-order valence-electron chi connectivity index (χ2n) is 6.32. The summed E-state index contributed by atoms with van der Waals surface area (Å²) in [5.41, 5.74) is 1.31. The molecule has 3 nitrogen and oxygen atoms in total.